The number of fused-ring (bicyclic) bond motifs is 2. The molecule has 13 nitrogen and oxygen atoms in total. The van der Waals surface area contributed by atoms with E-state index in [2.05, 4.69) is 29.4 Å². The number of carbonyl (C=O) groups is 4. The van der Waals surface area contributed by atoms with Crippen LogP contribution in [0.5, 0.6) is 0 Å². The number of hydrogen-bond donors (Lipinski definition) is 3. The number of anilines is 1. The Morgan fingerprint density at radius 3 is 2.33 bits per heavy atom. The highest BCUT2D eigenvalue weighted by molar-refractivity contribution is 5.90. The van der Waals surface area contributed by atoms with Crippen molar-refractivity contribution in [2.75, 3.05) is 54.3 Å². The lowest BCUT2D eigenvalue weighted by Crippen LogP contribution is -2.60. The van der Waals surface area contributed by atoms with E-state index in [0.29, 0.717) is 43.6 Å². The van der Waals surface area contributed by atoms with Crippen molar-refractivity contribution in [3.63, 3.8) is 0 Å². The van der Waals surface area contributed by atoms with Crippen LogP contribution in [0.2, 0.25) is 0 Å². The molecule has 0 aromatic heterocycles. The molecule has 3 aliphatic rings. The molecule has 2 saturated heterocycles. The highest BCUT2D eigenvalue weighted by Gasteiger charge is 2.48. The number of carbonyl (C=O) groups excluding carboxylic acids is 4. The average molecular weight is 771 g/mol. The van der Waals surface area contributed by atoms with E-state index in [1.54, 1.807) is 33.3 Å². The van der Waals surface area contributed by atoms with Gasteiger partial charge in [0.1, 0.15) is 6.04 Å². The van der Waals surface area contributed by atoms with Crippen molar-refractivity contribution in [1.82, 2.24) is 25.3 Å². The van der Waals surface area contributed by atoms with Gasteiger partial charge in [-0.25, -0.2) is 0 Å². The topological polar surface area (TPSA) is 156 Å². The molecule has 55 heavy (non-hydrogen) atoms. The van der Waals surface area contributed by atoms with Crippen molar-refractivity contribution < 1.29 is 33.4 Å². The Hall–Kier alpha value is -3.26. The number of methoxy groups -OCH3 is 3. The second-order valence-corrected chi connectivity index (χ2v) is 16.8. The van der Waals surface area contributed by atoms with E-state index >= 15 is 0 Å². The molecule has 2 bridgehead atoms. The number of rotatable bonds is 20. The van der Waals surface area contributed by atoms with Gasteiger partial charge in [-0.3, -0.25) is 24.1 Å². The van der Waals surface area contributed by atoms with Crippen LogP contribution in [0.3, 0.4) is 0 Å². The molecule has 310 valence electrons. The van der Waals surface area contributed by atoms with Gasteiger partial charge in [0.2, 0.25) is 23.6 Å². The first-order valence-electron chi connectivity index (χ1n) is 20.4. The van der Waals surface area contributed by atoms with Crippen LogP contribution in [0.25, 0.3) is 0 Å². The minimum Gasteiger partial charge on any atom is -0.399 e. The number of piperidine rings is 1. The van der Waals surface area contributed by atoms with E-state index in [0.717, 1.165) is 37.7 Å². The number of likely N-dealkylation sites (N-methyl/N-ethyl adjacent to an activating group) is 2. The van der Waals surface area contributed by atoms with Gasteiger partial charge in [0, 0.05) is 46.7 Å². The van der Waals surface area contributed by atoms with Crippen molar-refractivity contribution >= 4 is 29.3 Å². The first kappa shape index (κ1) is 44.5. The lowest BCUT2D eigenvalue weighted by molar-refractivity contribution is -0.148. The average Bonchev–Trinajstić information content (AvgIpc) is 3.91. The van der Waals surface area contributed by atoms with Crippen molar-refractivity contribution in [3.05, 3.63) is 29.8 Å². The van der Waals surface area contributed by atoms with E-state index in [-0.39, 0.29) is 60.0 Å². The van der Waals surface area contributed by atoms with Crippen LogP contribution in [0, 0.1) is 23.7 Å². The predicted octanol–water partition coefficient (Wildman–Crippen LogP) is 3.49. The quantitative estimate of drug-likeness (QED) is 0.169. The summed E-state index contributed by atoms with van der Waals surface area (Å²) in [6, 6.07) is 6.08. The van der Waals surface area contributed by atoms with Crippen LogP contribution in [0.1, 0.15) is 85.1 Å². The molecule has 3 fully saturated rings. The van der Waals surface area contributed by atoms with Gasteiger partial charge in [0.25, 0.3) is 0 Å². The normalized spacial score (nSPS) is 24.9. The second kappa shape index (κ2) is 20.2. The van der Waals surface area contributed by atoms with Gasteiger partial charge in [-0.15, -0.1) is 0 Å². The lowest BCUT2D eigenvalue weighted by atomic mass is 9.89. The van der Waals surface area contributed by atoms with Crippen molar-refractivity contribution in [2.45, 2.75) is 134 Å². The summed E-state index contributed by atoms with van der Waals surface area (Å²) in [4.78, 5) is 61.7. The van der Waals surface area contributed by atoms with Crippen molar-refractivity contribution in [1.29, 1.82) is 0 Å². The molecule has 1 aromatic carbocycles. The summed E-state index contributed by atoms with van der Waals surface area (Å²) >= 11 is 0. The molecular formula is C42H70N6O7. The SMILES string of the molecule is CC[C@H](C)[C@@H]([C@H](CC(=O)N1CCC[C@H]1[C@H](OC)[C@@H](C)C(=O)N[C@H](COC)Cc1cccc(N)c1)OC)N(C)C(=O)[C@@H](NC(=O)[C@@H]1[C@H]2CC[C@H](C2)N1C)C(C)C. The van der Waals surface area contributed by atoms with E-state index < -0.39 is 30.2 Å². The molecule has 2 heterocycles. The first-order valence-corrected chi connectivity index (χ1v) is 20.4. The van der Waals surface area contributed by atoms with Gasteiger partial charge >= 0.3 is 0 Å². The third-order valence-electron chi connectivity index (χ3n) is 12.8. The van der Waals surface area contributed by atoms with Crippen LogP contribution < -0.4 is 16.4 Å². The van der Waals surface area contributed by atoms with Gasteiger partial charge in [-0.1, -0.05) is 53.2 Å². The fraction of sp³-hybridized carbons (Fsp3) is 0.762. The molecule has 1 aliphatic carbocycles. The number of nitrogens with two attached hydrogens (primary N) is 1. The summed E-state index contributed by atoms with van der Waals surface area (Å²) < 4.78 is 17.5. The Morgan fingerprint density at radius 1 is 1.02 bits per heavy atom. The Kier molecular flexibility index (Phi) is 16.4. The third kappa shape index (κ3) is 10.6. The number of nitrogen functional groups attached to an aromatic ring is 1. The highest BCUT2D eigenvalue weighted by Crippen LogP contribution is 2.41. The molecule has 1 aromatic rings. The maximum absolute atomic E-state index is 14.3. The maximum Gasteiger partial charge on any atom is 0.245 e. The predicted molar refractivity (Wildman–Crippen MR) is 214 cm³/mol. The molecule has 1 saturated carbocycles. The van der Waals surface area contributed by atoms with Gasteiger partial charge in [-0.2, -0.15) is 0 Å². The number of amides is 4. The second-order valence-electron chi connectivity index (χ2n) is 16.8. The summed E-state index contributed by atoms with van der Waals surface area (Å²) in [6.07, 6.45) is 4.91. The first-order chi connectivity index (χ1) is 26.2. The Balaban J connectivity index is 1.45. The van der Waals surface area contributed by atoms with Crippen LogP contribution in [0.15, 0.2) is 24.3 Å². The van der Waals surface area contributed by atoms with Crippen LogP contribution in [-0.2, 0) is 39.8 Å². The Bertz CT molecular complexity index is 1440. The molecule has 4 N–H and O–H groups in total. The standard InChI is InChI=1S/C42H70N6O7/c1-11-26(4)37(47(7)42(52)36(25(2)3)45-41(51)38-29-17-18-32(22-29)46(38)6)34(54-9)23-35(49)48-19-13-16-33(48)39(55-10)27(5)40(50)44-31(24-53-8)21-28-14-12-15-30(43)20-28/h12,14-15,20,25-27,29,31-34,36-39H,11,13,16-19,21-24,43H2,1-10H3,(H,44,50)(H,45,51)/t26-,27+,29-,31-,32+,33-,34-,36-,37-,38-,39+/m0/s1. The number of ether oxygens (including phenoxy) is 3. The van der Waals surface area contributed by atoms with E-state index in [9.17, 15) is 19.2 Å². The van der Waals surface area contributed by atoms with Gasteiger partial charge < -0.3 is 40.4 Å². The monoisotopic (exact) mass is 771 g/mol. The smallest absolute Gasteiger partial charge is 0.245 e. The minimum atomic E-state index is -0.711. The third-order valence-corrected chi connectivity index (χ3v) is 12.8. The summed E-state index contributed by atoms with van der Waals surface area (Å²) in [6.45, 7) is 10.7. The molecule has 0 unspecified atom stereocenters. The van der Waals surface area contributed by atoms with Crippen LogP contribution in [-0.4, -0.2) is 135 Å². The molecule has 2 aliphatic heterocycles. The number of benzene rings is 1. The summed E-state index contributed by atoms with van der Waals surface area (Å²) in [5, 5.41) is 6.28. The zero-order chi connectivity index (χ0) is 40.6. The number of likely N-dealkylation sites (tertiary alicyclic amines) is 2. The van der Waals surface area contributed by atoms with E-state index in [1.165, 1.54) is 0 Å². The lowest BCUT2D eigenvalue weighted by Gasteiger charge is -2.41. The van der Waals surface area contributed by atoms with Gasteiger partial charge in [-0.05, 0) is 81.0 Å². The molecule has 13 heteroatoms. The van der Waals surface area contributed by atoms with E-state index in [1.807, 2.05) is 57.0 Å². The number of hydrogen-bond acceptors (Lipinski definition) is 9. The summed E-state index contributed by atoms with van der Waals surface area (Å²) in [5.41, 5.74) is 7.64. The Morgan fingerprint density at radius 2 is 1.75 bits per heavy atom. The van der Waals surface area contributed by atoms with Gasteiger partial charge in [0.15, 0.2) is 0 Å². The fourth-order valence-corrected chi connectivity index (χ4v) is 9.57. The number of nitrogens with one attached hydrogen (secondary N) is 2. The zero-order valence-electron chi connectivity index (χ0n) is 35.1. The summed E-state index contributed by atoms with van der Waals surface area (Å²) in [7, 11) is 8.57. The van der Waals surface area contributed by atoms with Crippen molar-refractivity contribution in [3.8, 4) is 0 Å². The molecule has 4 amide bonds. The van der Waals surface area contributed by atoms with E-state index in [4.69, 9.17) is 19.9 Å². The molecular weight excluding hydrogens is 700 g/mol. The molecule has 11 atom stereocenters. The maximum atomic E-state index is 14.3. The Labute approximate surface area is 329 Å². The number of nitrogens with zero attached hydrogens (tertiary/aromatic N) is 3. The molecule has 4 rings (SSSR count). The van der Waals surface area contributed by atoms with Crippen molar-refractivity contribution in [2.24, 2.45) is 23.7 Å². The largest absolute Gasteiger partial charge is 0.399 e. The molecule has 0 spiro atoms. The van der Waals surface area contributed by atoms with Crippen LogP contribution >= 0.6 is 0 Å². The van der Waals surface area contributed by atoms with Gasteiger partial charge in [0.05, 0.1) is 55.3 Å². The minimum absolute atomic E-state index is 0.00380. The highest BCUT2D eigenvalue weighted by atomic mass is 16.5. The zero-order valence-corrected chi connectivity index (χ0v) is 35.1. The van der Waals surface area contributed by atoms with Crippen LogP contribution in [0.4, 0.5) is 5.69 Å². The fourth-order valence-electron chi connectivity index (χ4n) is 9.57. The summed E-state index contributed by atoms with van der Waals surface area (Å²) in [5.74, 6) is -0.919. The molecule has 0 radical (unpaired) electrons.